The zero-order valence-corrected chi connectivity index (χ0v) is 15.2. The molecule has 4 N–H and O–H groups in total. The lowest BCUT2D eigenvalue weighted by molar-refractivity contribution is -0.123. The molecular formula is C19H22N6O2. The number of benzene rings is 1. The number of amides is 2. The molecule has 8 heteroatoms. The molecule has 0 radical (unpaired) electrons. The highest BCUT2D eigenvalue weighted by Gasteiger charge is 2.35. The number of fused-ring (bicyclic) bond motifs is 1. The molecule has 0 unspecified atom stereocenters. The Labute approximate surface area is 157 Å². The quantitative estimate of drug-likeness (QED) is 0.766. The van der Waals surface area contributed by atoms with Gasteiger partial charge in [-0.1, -0.05) is 18.2 Å². The first-order valence-electron chi connectivity index (χ1n) is 9.11. The second-order valence-corrected chi connectivity index (χ2v) is 6.97. The molecular weight excluding hydrogens is 344 g/mol. The number of nitrogens with two attached hydrogens (primary N) is 1. The minimum atomic E-state index is -0.721. The predicted molar refractivity (Wildman–Crippen MR) is 104 cm³/mol. The molecule has 1 aromatic carbocycles. The zero-order valence-electron chi connectivity index (χ0n) is 15.2. The van der Waals surface area contributed by atoms with Crippen LogP contribution in [0.4, 0.5) is 23.3 Å². The topological polar surface area (TPSA) is 113 Å². The van der Waals surface area contributed by atoms with Crippen molar-refractivity contribution in [3.63, 3.8) is 0 Å². The zero-order chi connectivity index (χ0) is 19.0. The van der Waals surface area contributed by atoms with Gasteiger partial charge in [-0.25, -0.2) is 0 Å². The fourth-order valence-corrected chi connectivity index (χ4v) is 3.60. The number of carbonyl (C=O) groups is 2. The molecule has 1 saturated heterocycles. The monoisotopic (exact) mass is 366 g/mol. The molecule has 1 aromatic heterocycles. The van der Waals surface area contributed by atoms with Gasteiger partial charge >= 0.3 is 0 Å². The van der Waals surface area contributed by atoms with Crippen LogP contribution in [0.1, 0.15) is 36.3 Å². The van der Waals surface area contributed by atoms with Crippen LogP contribution in [0, 0.1) is 6.92 Å². The minimum Gasteiger partial charge on any atom is -0.383 e. The molecule has 2 aromatic rings. The average molecular weight is 366 g/mol. The van der Waals surface area contributed by atoms with Gasteiger partial charge in [-0.15, -0.1) is 0 Å². The number of nitrogens with zero attached hydrogens (tertiary/aromatic N) is 3. The van der Waals surface area contributed by atoms with E-state index in [0.29, 0.717) is 23.0 Å². The van der Waals surface area contributed by atoms with Crippen LogP contribution in [0.15, 0.2) is 24.3 Å². The predicted octanol–water partition coefficient (Wildman–Crippen LogP) is 2.03. The van der Waals surface area contributed by atoms with Gasteiger partial charge in [0.15, 0.2) is 0 Å². The summed E-state index contributed by atoms with van der Waals surface area (Å²) in [7, 11) is 0. The van der Waals surface area contributed by atoms with Crippen LogP contribution in [0.3, 0.4) is 0 Å². The van der Waals surface area contributed by atoms with E-state index in [1.54, 1.807) is 0 Å². The van der Waals surface area contributed by atoms with Crippen molar-refractivity contribution >= 4 is 35.1 Å². The average Bonchev–Trinajstić information content (AvgIpc) is 3.17. The van der Waals surface area contributed by atoms with Crippen molar-refractivity contribution in [2.75, 3.05) is 34.4 Å². The normalized spacial score (nSPS) is 18.8. The van der Waals surface area contributed by atoms with E-state index in [1.165, 1.54) is 0 Å². The fourth-order valence-electron chi connectivity index (χ4n) is 3.60. The molecule has 2 aliphatic heterocycles. The number of nitrogens with one attached hydrogen (secondary N) is 2. The molecule has 3 heterocycles. The molecule has 2 amide bonds. The van der Waals surface area contributed by atoms with Gasteiger partial charge in [0.1, 0.15) is 11.6 Å². The second kappa shape index (κ2) is 6.86. The van der Waals surface area contributed by atoms with E-state index >= 15 is 0 Å². The van der Waals surface area contributed by atoms with E-state index in [9.17, 15) is 9.59 Å². The molecule has 140 valence electrons. The van der Waals surface area contributed by atoms with Gasteiger partial charge in [0.25, 0.3) is 0 Å². The van der Waals surface area contributed by atoms with Gasteiger partial charge in [0, 0.05) is 25.2 Å². The first kappa shape index (κ1) is 17.3. The number of hydrogen-bond acceptors (Lipinski definition) is 6. The smallest absolute Gasteiger partial charge is 0.232 e. The molecule has 0 bridgehead atoms. The Balaban J connectivity index is 1.67. The minimum absolute atomic E-state index is 0.0152. The highest BCUT2D eigenvalue weighted by Crippen LogP contribution is 2.37. The third-order valence-electron chi connectivity index (χ3n) is 5.07. The molecule has 0 saturated carbocycles. The van der Waals surface area contributed by atoms with E-state index < -0.39 is 5.92 Å². The van der Waals surface area contributed by atoms with Crippen LogP contribution in [0.25, 0.3) is 0 Å². The van der Waals surface area contributed by atoms with Crippen molar-refractivity contribution in [3.05, 3.63) is 35.4 Å². The van der Waals surface area contributed by atoms with Gasteiger partial charge in [0.05, 0.1) is 11.5 Å². The van der Waals surface area contributed by atoms with Crippen LogP contribution >= 0.6 is 0 Å². The summed E-state index contributed by atoms with van der Waals surface area (Å²) < 4.78 is 0. The molecule has 0 aliphatic carbocycles. The summed E-state index contributed by atoms with van der Waals surface area (Å²) in [5, 5.41) is 5.65. The molecule has 1 atom stereocenters. The van der Waals surface area contributed by atoms with Crippen molar-refractivity contribution in [2.45, 2.75) is 32.1 Å². The number of rotatable bonds is 3. The number of aromatic nitrogens is 2. The van der Waals surface area contributed by atoms with Gasteiger partial charge in [-0.2, -0.15) is 9.97 Å². The third-order valence-corrected chi connectivity index (χ3v) is 5.07. The fraction of sp³-hybridized carbons (Fsp3) is 0.368. The number of hydrogen-bond donors (Lipinski definition) is 3. The molecule has 4 rings (SSSR count). The van der Waals surface area contributed by atoms with Crippen LogP contribution in [0.5, 0.6) is 0 Å². The third kappa shape index (κ3) is 3.30. The van der Waals surface area contributed by atoms with Crippen LogP contribution in [-0.2, 0) is 9.59 Å². The first-order valence-corrected chi connectivity index (χ1v) is 9.11. The van der Waals surface area contributed by atoms with Crippen molar-refractivity contribution in [1.29, 1.82) is 0 Å². The Kier molecular flexibility index (Phi) is 4.39. The Bertz CT molecular complexity index is 907. The summed E-state index contributed by atoms with van der Waals surface area (Å²) in [5.41, 5.74) is 8.34. The van der Waals surface area contributed by atoms with Crippen molar-refractivity contribution < 1.29 is 9.59 Å². The van der Waals surface area contributed by atoms with Gasteiger partial charge in [0.2, 0.25) is 17.8 Å². The largest absolute Gasteiger partial charge is 0.383 e. The molecule has 0 spiro atoms. The van der Waals surface area contributed by atoms with Crippen molar-refractivity contribution in [3.8, 4) is 0 Å². The maximum absolute atomic E-state index is 12.9. The number of carbonyl (C=O) groups excluding carboxylic acids is 2. The standard InChI is InChI=1S/C19H22N6O2/c1-11-6-2-3-7-13(11)21-18(27)12-10-14(26)22-17-15(12)16(20)23-19(24-17)25-8-4-5-9-25/h2-3,6-7,12H,4-5,8-10H2,1H3,(H,21,27)(H3,20,22,23,24,26)/t12-/m1/s1. The lowest BCUT2D eigenvalue weighted by Gasteiger charge is -2.27. The lowest BCUT2D eigenvalue weighted by atomic mass is 9.91. The van der Waals surface area contributed by atoms with E-state index in [4.69, 9.17) is 5.73 Å². The maximum atomic E-state index is 12.9. The Morgan fingerprint density at radius 1 is 1.26 bits per heavy atom. The number of anilines is 4. The highest BCUT2D eigenvalue weighted by atomic mass is 16.2. The molecule has 27 heavy (non-hydrogen) atoms. The first-order chi connectivity index (χ1) is 13.0. The van der Waals surface area contributed by atoms with E-state index in [0.717, 1.165) is 31.5 Å². The Morgan fingerprint density at radius 3 is 2.74 bits per heavy atom. The maximum Gasteiger partial charge on any atom is 0.232 e. The molecule has 2 aliphatic rings. The summed E-state index contributed by atoms with van der Waals surface area (Å²) >= 11 is 0. The van der Waals surface area contributed by atoms with Crippen LogP contribution in [0.2, 0.25) is 0 Å². The lowest BCUT2D eigenvalue weighted by Crippen LogP contribution is -2.33. The molecule has 1 fully saturated rings. The summed E-state index contributed by atoms with van der Waals surface area (Å²) in [6.07, 6.45) is 2.17. The summed E-state index contributed by atoms with van der Waals surface area (Å²) in [6.45, 7) is 3.64. The van der Waals surface area contributed by atoms with Crippen molar-refractivity contribution in [2.24, 2.45) is 0 Å². The van der Waals surface area contributed by atoms with E-state index in [-0.39, 0.29) is 24.1 Å². The highest BCUT2D eigenvalue weighted by molar-refractivity contribution is 6.05. The summed E-state index contributed by atoms with van der Waals surface area (Å²) in [5.74, 6) is -0.176. The van der Waals surface area contributed by atoms with E-state index in [1.807, 2.05) is 36.1 Å². The Hall–Kier alpha value is -3.16. The summed E-state index contributed by atoms with van der Waals surface area (Å²) in [4.78, 5) is 36.0. The number of nitrogen functional groups attached to an aromatic ring is 1. The number of para-hydroxylation sites is 1. The SMILES string of the molecule is Cc1ccccc1NC(=O)[C@@H]1CC(=O)Nc2nc(N3CCCC3)nc(N)c21. The number of aryl methyl sites for hydroxylation is 1. The molecule has 8 nitrogen and oxygen atoms in total. The summed E-state index contributed by atoms with van der Waals surface area (Å²) in [6, 6.07) is 7.49. The van der Waals surface area contributed by atoms with Crippen LogP contribution in [-0.4, -0.2) is 34.9 Å². The van der Waals surface area contributed by atoms with Gasteiger partial charge in [-0.3, -0.25) is 9.59 Å². The van der Waals surface area contributed by atoms with E-state index in [2.05, 4.69) is 20.6 Å². The van der Waals surface area contributed by atoms with Crippen LogP contribution < -0.4 is 21.3 Å². The van der Waals surface area contributed by atoms with Crippen molar-refractivity contribution in [1.82, 2.24) is 9.97 Å². The van der Waals surface area contributed by atoms with Gasteiger partial charge < -0.3 is 21.3 Å². The van der Waals surface area contributed by atoms with Gasteiger partial charge in [-0.05, 0) is 31.4 Å². The second-order valence-electron chi connectivity index (χ2n) is 6.97. The Morgan fingerprint density at radius 2 is 2.00 bits per heavy atom.